The number of nitrogens with one attached hydrogen (secondary N) is 1. The molecular weight excluding hydrogens is 372 g/mol. The summed E-state index contributed by atoms with van der Waals surface area (Å²) in [5, 5.41) is 2.93. The van der Waals surface area contributed by atoms with Crippen LogP contribution < -0.4 is 10.1 Å². The Hall–Kier alpha value is -3.37. The lowest BCUT2D eigenvalue weighted by Gasteiger charge is -2.28. The Morgan fingerprint density at radius 3 is 2.63 bits per heavy atom. The van der Waals surface area contributed by atoms with Gasteiger partial charge in [0.05, 0.1) is 0 Å². The molecule has 1 amide bonds. The van der Waals surface area contributed by atoms with Crippen LogP contribution in [0.5, 0.6) is 5.75 Å². The Morgan fingerprint density at radius 2 is 1.83 bits per heavy atom. The Morgan fingerprint density at radius 1 is 1.03 bits per heavy atom. The molecule has 0 aliphatic carbocycles. The second-order valence-corrected chi connectivity index (χ2v) is 7.51. The predicted octanol–water partition coefficient (Wildman–Crippen LogP) is 5.06. The maximum absolute atomic E-state index is 12.6. The van der Waals surface area contributed by atoms with Crippen molar-refractivity contribution in [3.63, 3.8) is 0 Å². The average Bonchev–Trinajstić information content (AvgIpc) is 2.78. The van der Waals surface area contributed by atoms with Crippen LogP contribution in [-0.2, 0) is 19.5 Å². The molecule has 1 aliphatic rings. The smallest absolute Gasteiger partial charge is 0.255 e. The summed E-state index contributed by atoms with van der Waals surface area (Å²) in [6.45, 7) is 7.00. The first-order valence-corrected chi connectivity index (χ1v) is 10.2. The molecule has 1 heterocycles. The zero-order valence-electron chi connectivity index (χ0n) is 17.0. The summed E-state index contributed by atoms with van der Waals surface area (Å²) in [6, 6.07) is 23.9. The van der Waals surface area contributed by atoms with Gasteiger partial charge in [-0.3, -0.25) is 9.69 Å². The van der Waals surface area contributed by atoms with E-state index < -0.39 is 0 Å². The topological polar surface area (TPSA) is 41.6 Å². The van der Waals surface area contributed by atoms with E-state index in [1.807, 2.05) is 48.5 Å². The Labute approximate surface area is 177 Å². The van der Waals surface area contributed by atoms with Crippen molar-refractivity contribution in [2.24, 2.45) is 0 Å². The van der Waals surface area contributed by atoms with Crippen LogP contribution in [0.3, 0.4) is 0 Å². The second-order valence-electron chi connectivity index (χ2n) is 7.51. The highest BCUT2D eigenvalue weighted by atomic mass is 16.5. The van der Waals surface area contributed by atoms with Crippen LogP contribution in [0.2, 0.25) is 0 Å². The van der Waals surface area contributed by atoms with E-state index in [4.69, 9.17) is 4.74 Å². The van der Waals surface area contributed by atoms with Crippen molar-refractivity contribution < 1.29 is 9.53 Å². The summed E-state index contributed by atoms with van der Waals surface area (Å²) in [4.78, 5) is 15.1. The van der Waals surface area contributed by atoms with Crippen molar-refractivity contribution in [1.82, 2.24) is 4.90 Å². The Balaban J connectivity index is 1.35. The second kappa shape index (κ2) is 9.42. The molecule has 152 valence electrons. The third-order valence-corrected chi connectivity index (χ3v) is 5.29. The van der Waals surface area contributed by atoms with Gasteiger partial charge < -0.3 is 10.1 Å². The molecule has 4 heteroatoms. The lowest BCUT2D eigenvalue weighted by Crippen LogP contribution is -2.29. The average molecular weight is 399 g/mol. The number of benzene rings is 3. The van der Waals surface area contributed by atoms with Gasteiger partial charge in [0.2, 0.25) is 0 Å². The zero-order chi connectivity index (χ0) is 20.8. The molecule has 0 bridgehead atoms. The van der Waals surface area contributed by atoms with Crippen molar-refractivity contribution in [3.8, 4) is 5.75 Å². The number of ether oxygens (including phenoxy) is 1. The maximum atomic E-state index is 12.6. The van der Waals surface area contributed by atoms with E-state index in [2.05, 4.69) is 41.1 Å². The number of rotatable bonds is 7. The van der Waals surface area contributed by atoms with Gasteiger partial charge in [0.15, 0.2) is 0 Å². The predicted molar refractivity (Wildman–Crippen MR) is 121 cm³/mol. The van der Waals surface area contributed by atoms with E-state index in [9.17, 15) is 4.79 Å². The zero-order valence-corrected chi connectivity index (χ0v) is 17.0. The number of hydrogen-bond donors (Lipinski definition) is 1. The molecule has 0 fully saturated rings. The van der Waals surface area contributed by atoms with Gasteiger partial charge in [-0.05, 0) is 47.4 Å². The summed E-state index contributed by atoms with van der Waals surface area (Å²) >= 11 is 0. The van der Waals surface area contributed by atoms with Gasteiger partial charge in [-0.2, -0.15) is 0 Å². The van der Waals surface area contributed by atoms with Gasteiger partial charge in [0.1, 0.15) is 12.4 Å². The largest absolute Gasteiger partial charge is 0.489 e. The van der Waals surface area contributed by atoms with Gasteiger partial charge in [0.25, 0.3) is 5.91 Å². The van der Waals surface area contributed by atoms with Gasteiger partial charge in [-0.1, -0.05) is 55.1 Å². The fourth-order valence-electron chi connectivity index (χ4n) is 3.73. The molecule has 1 N–H and O–H groups in total. The van der Waals surface area contributed by atoms with Crippen molar-refractivity contribution in [1.29, 1.82) is 0 Å². The van der Waals surface area contributed by atoms with Crippen LogP contribution >= 0.6 is 0 Å². The van der Waals surface area contributed by atoms with Crippen molar-refractivity contribution in [3.05, 3.63) is 108 Å². The number of fused-ring (bicyclic) bond motifs is 1. The van der Waals surface area contributed by atoms with Crippen LogP contribution in [0.4, 0.5) is 5.69 Å². The molecule has 1 aliphatic heterocycles. The van der Waals surface area contributed by atoms with Gasteiger partial charge >= 0.3 is 0 Å². The third kappa shape index (κ3) is 4.97. The molecule has 4 nitrogen and oxygen atoms in total. The number of carbonyl (C=O) groups is 1. The maximum Gasteiger partial charge on any atom is 0.255 e. The third-order valence-electron chi connectivity index (χ3n) is 5.29. The minimum Gasteiger partial charge on any atom is -0.489 e. The van der Waals surface area contributed by atoms with Crippen molar-refractivity contribution in [2.45, 2.75) is 19.5 Å². The summed E-state index contributed by atoms with van der Waals surface area (Å²) in [5.74, 6) is 0.570. The Kier molecular flexibility index (Phi) is 6.26. The quantitative estimate of drug-likeness (QED) is 0.566. The summed E-state index contributed by atoms with van der Waals surface area (Å²) in [6.07, 6.45) is 2.78. The standard InChI is InChI=1S/C26H26N2O2/c1-2-16-30-25-9-5-8-24(17-25)27-26(29)22-12-10-20(11-13-22)18-28-15-14-21-6-3-4-7-23(21)19-28/h2-13,17H,1,14-16,18-19H2,(H,27,29). The molecule has 4 rings (SSSR count). The Bertz CT molecular complexity index is 1030. The highest BCUT2D eigenvalue weighted by Crippen LogP contribution is 2.21. The summed E-state index contributed by atoms with van der Waals surface area (Å²) in [5.41, 5.74) is 5.43. The molecule has 0 atom stereocenters. The minimum absolute atomic E-state index is 0.130. The molecule has 30 heavy (non-hydrogen) atoms. The monoisotopic (exact) mass is 398 g/mol. The SMILES string of the molecule is C=CCOc1cccc(NC(=O)c2ccc(CN3CCc4ccccc4C3)cc2)c1. The molecule has 3 aromatic carbocycles. The van der Waals surface area contributed by atoms with Crippen LogP contribution in [0.1, 0.15) is 27.0 Å². The number of carbonyl (C=O) groups excluding carboxylic acids is 1. The molecule has 0 radical (unpaired) electrons. The first-order chi connectivity index (χ1) is 14.7. The van der Waals surface area contributed by atoms with Crippen LogP contribution in [0, 0.1) is 0 Å². The molecule has 0 aromatic heterocycles. The van der Waals surface area contributed by atoms with E-state index in [0.29, 0.717) is 23.6 Å². The van der Waals surface area contributed by atoms with E-state index in [1.165, 1.54) is 16.7 Å². The lowest BCUT2D eigenvalue weighted by molar-refractivity contribution is 0.102. The van der Waals surface area contributed by atoms with E-state index in [-0.39, 0.29) is 5.91 Å². The minimum atomic E-state index is -0.130. The normalized spacial score (nSPS) is 13.3. The molecule has 0 saturated carbocycles. The first-order valence-electron chi connectivity index (χ1n) is 10.2. The number of anilines is 1. The van der Waals surface area contributed by atoms with E-state index in [0.717, 1.165) is 26.1 Å². The molecular formula is C26H26N2O2. The van der Waals surface area contributed by atoms with Gasteiger partial charge in [-0.25, -0.2) is 0 Å². The summed E-state index contributed by atoms with van der Waals surface area (Å²) < 4.78 is 5.52. The highest BCUT2D eigenvalue weighted by molar-refractivity contribution is 6.04. The number of amides is 1. The highest BCUT2D eigenvalue weighted by Gasteiger charge is 2.16. The van der Waals surface area contributed by atoms with Gasteiger partial charge in [0, 0.05) is 37.0 Å². The summed E-state index contributed by atoms with van der Waals surface area (Å²) in [7, 11) is 0. The fraction of sp³-hybridized carbons (Fsp3) is 0.192. The lowest BCUT2D eigenvalue weighted by atomic mass is 9.99. The molecule has 3 aromatic rings. The van der Waals surface area contributed by atoms with Crippen LogP contribution in [0.15, 0.2) is 85.5 Å². The van der Waals surface area contributed by atoms with Crippen molar-refractivity contribution in [2.75, 3.05) is 18.5 Å². The molecule has 0 unspecified atom stereocenters. The number of hydrogen-bond acceptors (Lipinski definition) is 3. The molecule has 0 spiro atoms. The van der Waals surface area contributed by atoms with Crippen molar-refractivity contribution >= 4 is 11.6 Å². The fourth-order valence-corrected chi connectivity index (χ4v) is 3.73. The molecule has 0 saturated heterocycles. The van der Waals surface area contributed by atoms with Crippen LogP contribution in [0.25, 0.3) is 0 Å². The number of nitrogens with zero attached hydrogens (tertiary/aromatic N) is 1. The first kappa shape index (κ1) is 19.9. The van der Waals surface area contributed by atoms with E-state index in [1.54, 1.807) is 6.08 Å². The van der Waals surface area contributed by atoms with Gasteiger partial charge in [-0.15, -0.1) is 0 Å². The van der Waals surface area contributed by atoms with E-state index >= 15 is 0 Å². The van der Waals surface area contributed by atoms with Crippen LogP contribution in [-0.4, -0.2) is 24.0 Å².